The Morgan fingerprint density at radius 1 is 0.923 bits per heavy atom. The number of hydrogen-bond donors (Lipinski definition) is 3. The minimum atomic E-state index is -4.75. The Bertz CT molecular complexity index is 1460. The molecular weight excluding hydrogens is 505 g/mol. The average Bonchev–Trinajstić information content (AvgIpc) is 3.35. The van der Waals surface area contributed by atoms with Gasteiger partial charge in [-0.25, -0.2) is 4.68 Å². The first-order chi connectivity index (χ1) is 18.3. The molecule has 0 spiro atoms. The van der Waals surface area contributed by atoms with Crippen molar-refractivity contribution in [3.05, 3.63) is 113 Å². The minimum absolute atomic E-state index is 0.175. The van der Waals surface area contributed by atoms with Crippen molar-refractivity contribution in [1.82, 2.24) is 9.78 Å². The average molecular weight is 537 g/mol. The molecule has 4 aromatic rings. The number of alkyl halides is 3. The molecule has 0 saturated carbocycles. The number of nitrogens with two attached hydrogens (primary N) is 1. The van der Waals surface area contributed by atoms with Crippen LogP contribution in [0.4, 0.5) is 18.9 Å². The van der Waals surface area contributed by atoms with Gasteiger partial charge in [0.2, 0.25) is 0 Å². The molecule has 1 atom stereocenters. The molecule has 1 aromatic heterocycles. The van der Waals surface area contributed by atoms with E-state index in [2.05, 4.69) is 10.4 Å². The molecule has 0 aliphatic rings. The molecule has 0 radical (unpaired) electrons. The quantitative estimate of drug-likeness (QED) is 0.259. The summed E-state index contributed by atoms with van der Waals surface area (Å²) in [6.45, 7) is 6.23. The standard InChI is InChI=1S/C30H31F3N4O2/c1-28(2,3)19-29(39,21-10-5-4-6-11-21)22-12-8-13-23(16-22)35-27(38)25-17-26(30(31,32)33)36-37(25)24-14-7-9-20(15-24)18-34/h4-17,39H,18-19,34H2,1-3H3,(H,35,38). The van der Waals surface area contributed by atoms with Gasteiger partial charge in [0.25, 0.3) is 5.91 Å². The zero-order chi connectivity index (χ0) is 28.4. The van der Waals surface area contributed by atoms with E-state index in [0.717, 1.165) is 4.68 Å². The summed E-state index contributed by atoms with van der Waals surface area (Å²) >= 11 is 0. The second-order valence-corrected chi connectivity index (χ2v) is 10.7. The van der Waals surface area contributed by atoms with E-state index >= 15 is 0 Å². The van der Waals surface area contributed by atoms with Gasteiger partial charge in [0.05, 0.1) is 5.69 Å². The fourth-order valence-corrected chi connectivity index (χ4v) is 4.59. The molecule has 6 nitrogen and oxygen atoms in total. The van der Waals surface area contributed by atoms with Crippen LogP contribution in [0.15, 0.2) is 84.9 Å². The number of nitrogens with one attached hydrogen (secondary N) is 1. The summed E-state index contributed by atoms with van der Waals surface area (Å²) in [5, 5.41) is 18.3. The van der Waals surface area contributed by atoms with Crippen LogP contribution >= 0.6 is 0 Å². The Balaban J connectivity index is 1.73. The van der Waals surface area contributed by atoms with Crippen LogP contribution in [-0.2, 0) is 18.3 Å². The fraction of sp³-hybridized carbons (Fsp3) is 0.267. The monoisotopic (exact) mass is 536 g/mol. The zero-order valence-electron chi connectivity index (χ0n) is 22.0. The Morgan fingerprint density at radius 2 is 1.59 bits per heavy atom. The van der Waals surface area contributed by atoms with E-state index in [1.807, 2.05) is 51.1 Å². The lowest BCUT2D eigenvalue weighted by atomic mass is 9.74. The zero-order valence-corrected chi connectivity index (χ0v) is 22.0. The fourth-order valence-electron chi connectivity index (χ4n) is 4.59. The molecule has 4 N–H and O–H groups in total. The number of halogens is 3. The van der Waals surface area contributed by atoms with Crippen LogP contribution < -0.4 is 11.1 Å². The van der Waals surface area contributed by atoms with E-state index in [1.165, 1.54) is 0 Å². The normalized spacial score (nSPS) is 13.6. The highest BCUT2D eigenvalue weighted by atomic mass is 19.4. The second-order valence-electron chi connectivity index (χ2n) is 10.7. The highest BCUT2D eigenvalue weighted by Crippen LogP contribution is 2.40. The smallest absolute Gasteiger partial charge is 0.380 e. The first kappa shape index (κ1) is 28.1. The van der Waals surface area contributed by atoms with Gasteiger partial charge in [-0.15, -0.1) is 0 Å². The minimum Gasteiger partial charge on any atom is -0.380 e. The van der Waals surface area contributed by atoms with Crippen molar-refractivity contribution in [2.75, 3.05) is 5.32 Å². The van der Waals surface area contributed by atoms with Gasteiger partial charge < -0.3 is 16.2 Å². The lowest BCUT2D eigenvalue weighted by Crippen LogP contribution is -2.32. The molecule has 3 aromatic carbocycles. The maximum absolute atomic E-state index is 13.6. The first-order valence-electron chi connectivity index (χ1n) is 12.5. The summed E-state index contributed by atoms with van der Waals surface area (Å²) in [7, 11) is 0. The van der Waals surface area contributed by atoms with E-state index in [1.54, 1.807) is 48.5 Å². The van der Waals surface area contributed by atoms with Crippen LogP contribution in [0.1, 0.15) is 60.1 Å². The third-order valence-electron chi connectivity index (χ3n) is 6.26. The van der Waals surface area contributed by atoms with Gasteiger partial charge in [0, 0.05) is 18.3 Å². The number of amides is 1. The lowest BCUT2D eigenvalue weighted by molar-refractivity contribution is -0.141. The van der Waals surface area contributed by atoms with Crippen molar-refractivity contribution in [3.63, 3.8) is 0 Å². The van der Waals surface area contributed by atoms with Crippen LogP contribution in [0.3, 0.4) is 0 Å². The third-order valence-corrected chi connectivity index (χ3v) is 6.26. The Hall–Kier alpha value is -3.95. The molecule has 9 heteroatoms. The summed E-state index contributed by atoms with van der Waals surface area (Å²) in [5.41, 5.74) is 5.09. The maximum Gasteiger partial charge on any atom is 0.435 e. The van der Waals surface area contributed by atoms with Crippen LogP contribution in [0.5, 0.6) is 0 Å². The van der Waals surface area contributed by atoms with Gasteiger partial charge >= 0.3 is 6.18 Å². The molecule has 0 fully saturated rings. The number of carbonyl (C=O) groups excluding carboxylic acids is 1. The number of carbonyl (C=O) groups is 1. The lowest BCUT2D eigenvalue weighted by Gasteiger charge is -2.35. The summed E-state index contributed by atoms with van der Waals surface area (Å²) in [5.74, 6) is -0.785. The van der Waals surface area contributed by atoms with E-state index in [9.17, 15) is 23.1 Å². The number of hydrogen-bond acceptors (Lipinski definition) is 4. The van der Waals surface area contributed by atoms with Gasteiger partial charge in [-0.2, -0.15) is 18.3 Å². The Morgan fingerprint density at radius 3 is 2.23 bits per heavy atom. The van der Waals surface area contributed by atoms with Gasteiger partial charge in [-0.3, -0.25) is 4.79 Å². The van der Waals surface area contributed by atoms with Gasteiger partial charge in [0.1, 0.15) is 11.3 Å². The van der Waals surface area contributed by atoms with Crippen molar-refractivity contribution in [2.24, 2.45) is 11.1 Å². The van der Waals surface area contributed by atoms with E-state index in [4.69, 9.17) is 5.73 Å². The number of aliphatic hydroxyl groups is 1. The van der Waals surface area contributed by atoms with E-state index < -0.39 is 23.4 Å². The number of benzene rings is 3. The molecule has 1 amide bonds. The van der Waals surface area contributed by atoms with Crippen molar-refractivity contribution >= 4 is 11.6 Å². The number of nitrogens with zero attached hydrogens (tertiary/aromatic N) is 2. The second kappa shape index (κ2) is 10.7. The van der Waals surface area contributed by atoms with Crippen molar-refractivity contribution in [2.45, 2.75) is 45.5 Å². The van der Waals surface area contributed by atoms with Crippen molar-refractivity contribution in [3.8, 4) is 5.69 Å². The molecule has 1 heterocycles. The SMILES string of the molecule is CC(C)(C)CC(O)(c1ccccc1)c1cccc(NC(=O)c2cc(C(F)(F)F)nn2-c2cccc(CN)c2)c1. The first-order valence-corrected chi connectivity index (χ1v) is 12.5. The Labute approximate surface area is 225 Å². The number of anilines is 1. The van der Waals surface area contributed by atoms with Crippen LogP contribution in [0.25, 0.3) is 5.69 Å². The van der Waals surface area contributed by atoms with Gasteiger partial charge in [-0.05, 0) is 52.8 Å². The largest absolute Gasteiger partial charge is 0.435 e. The predicted molar refractivity (Wildman–Crippen MR) is 144 cm³/mol. The molecule has 0 aliphatic carbocycles. The summed E-state index contributed by atoms with van der Waals surface area (Å²) in [6, 6.07) is 23.1. The molecule has 1 unspecified atom stereocenters. The highest BCUT2D eigenvalue weighted by Gasteiger charge is 2.37. The molecule has 0 aliphatic heterocycles. The summed E-state index contributed by atoms with van der Waals surface area (Å²) in [4.78, 5) is 13.3. The predicted octanol–water partition coefficient (Wildman–Crippen LogP) is 6.27. The van der Waals surface area contributed by atoms with Crippen molar-refractivity contribution < 1.29 is 23.1 Å². The van der Waals surface area contributed by atoms with Crippen LogP contribution in [0, 0.1) is 5.41 Å². The van der Waals surface area contributed by atoms with E-state index in [-0.39, 0.29) is 23.3 Å². The molecule has 0 bridgehead atoms. The van der Waals surface area contributed by atoms with Gasteiger partial charge in [-0.1, -0.05) is 75.4 Å². The molecule has 4 rings (SSSR count). The molecular formula is C30H31F3N4O2. The number of aromatic nitrogens is 2. The summed E-state index contributed by atoms with van der Waals surface area (Å²) in [6.07, 6.45) is -4.36. The van der Waals surface area contributed by atoms with Crippen LogP contribution in [-0.4, -0.2) is 20.8 Å². The molecule has 204 valence electrons. The molecule has 39 heavy (non-hydrogen) atoms. The molecule has 0 saturated heterocycles. The third kappa shape index (κ3) is 6.38. The van der Waals surface area contributed by atoms with Gasteiger partial charge in [0.15, 0.2) is 5.69 Å². The number of rotatable bonds is 7. The van der Waals surface area contributed by atoms with Crippen LogP contribution in [0.2, 0.25) is 0 Å². The van der Waals surface area contributed by atoms with Crippen molar-refractivity contribution in [1.29, 1.82) is 0 Å². The van der Waals surface area contributed by atoms with E-state index in [0.29, 0.717) is 34.9 Å². The Kier molecular flexibility index (Phi) is 7.68. The topological polar surface area (TPSA) is 93.2 Å². The summed E-state index contributed by atoms with van der Waals surface area (Å²) < 4.78 is 41.6. The maximum atomic E-state index is 13.6. The highest BCUT2D eigenvalue weighted by molar-refractivity contribution is 6.03.